The van der Waals surface area contributed by atoms with Gasteiger partial charge in [0.05, 0.1) is 53.9 Å². The Balaban J connectivity index is 0.00000650. The van der Waals surface area contributed by atoms with Crippen LogP contribution in [0.3, 0.4) is 0 Å². The van der Waals surface area contributed by atoms with E-state index < -0.39 is 76.8 Å². The Labute approximate surface area is 346 Å². The van der Waals surface area contributed by atoms with Gasteiger partial charge in [-0.2, -0.15) is 0 Å². The fourth-order valence-electron chi connectivity index (χ4n) is 10.5. The molecule has 5 rings (SSSR count). The maximum atomic E-state index is 14.4. The van der Waals surface area contributed by atoms with Crippen molar-refractivity contribution in [2.45, 2.75) is 199 Å². The van der Waals surface area contributed by atoms with Gasteiger partial charge in [0.1, 0.15) is 5.78 Å². The van der Waals surface area contributed by atoms with Gasteiger partial charge in [-0.25, -0.2) is 0 Å². The van der Waals surface area contributed by atoms with Crippen molar-refractivity contribution in [2.75, 3.05) is 0 Å². The summed E-state index contributed by atoms with van der Waals surface area (Å²) >= 11 is 0. The predicted molar refractivity (Wildman–Crippen MR) is 198 cm³/mol. The first-order valence-electron chi connectivity index (χ1n) is 20.8. The summed E-state index contributed by atoms with van der Waals surface area (Å²) in [7, 11) is 0. The van der Waals surface area contributed by atoms with Crippen molar-refractivity contribution in [3.8, 4) is 0 Å². The average Bonchev–Trinajstić information content (AvgIpc) is 3.47. The third kappa shape index (κ3) is 8.63. The van der Waals surface area contributed by atoms with E-state index in [4.69, 9.17) is 29.4 Å². The van der Waals surface area contributed by atoms with E-state index >= 15 is 0 Å². The van der Waals surface area contributed by atoms with Crippen LogP contribution >= 0.6 is 0 Å². The fraction of sp³-hybridized carbons (Fsp3) is 0.905. The third-order valence-electron chi connectivity index (χ3n) is 14.5. The Hall–Kier alpha value is -0.440. The SMILES string of the molecule is CC[C@@H](C(=O)[C@@H](C)[C@@H](O)[C@H](C)[C@@H]1O[C@@H]([C@@H](CC)C(=O)[O-])CC[C@@H]1C)[C@H]1O[C@]2(C=C[C@H](N)[C@]3(CC[C@@](C)([C@H]4CC[C@](O)(CC)[C@H](C)O4)O3)O2)[C@H](C)C[C@@H]1C.[Na+]. The molecule has 4 saturated heterocycles. The normalized spacial score (nSPS) is 45.3. The van der Waals surface area contributed by atoms with Crippen LogP contribution in [-0.4, -0.2) is 87.4 Å². The monoisotopic (exact) mass is 771 g/mol. The van der Waals surface area contributed by atoms with Crippen molar-refractivity contribution in [3.05, 3.63) is 12.2 Å². The first kappa shape index (κ1) is 46.3. The molecule has 5 aliphatic rings. The van der Waals surface area contributed by atoms with Crippen LogP contribution in [0.5, 0.6) is 0 Å². The Morgan fingerprint density at radius 2 is 1.59 bits per heavy atom. The van der Waals surface area contributed by atoms with Crippen molar-refractivity contribution >= 4 is 11.8 Å². The Morgan fingerprint density at radius 1 is 0.926 bits per heavy atom. The van der Waals surface area contributed by atoms with Crippen molar-refractivity contribution < 1.29 is 78.2 Å². The number of Topliss-reactive ketones (excluding diaryl/α,β-unsaturated/α-hetero) is 1. The predicted octanol–water partition coefficient (Wildman–Crippen LogP) is 1.82. The molecular weight excluding hydrogens is 701 g/mol. The maximum absolute atomic E-state index is 14.4. The van der Waals surface area contributed by atoms with Crippen molar-refractivity contribution in [1.82, 2.24) is 0 Å². The zero-order valence-corrected chi connectivity index (χ0v) is 37.0. The smallest absolute Gasteiger partial charge is 0.550 e. The summed E-state index contributed by atoms with van der Waals surface area (Å²) in [5.74, 6) is -5.73. The van der Waals surface area contributed by atoms with E-state index in [1.807, 2.05) is 46.8 Å². The van der Waals surface area contributed by atoms with Crippen LogP contribution in [0, 0.1) is 41.4 Å². The van der Waals surface area contributed by atoms with Gasteiger partial charge in [0.25, 0.3) is 0 Å². The first-order valence-corrected chi connectivity index (χ1v) is 20.8. The van der Waals surface area contributed by atoms with Crippen molar-refractivity contribution in [1.29, 1.82) is 0 Å². The van der Waals surface area contributed by atoms with E-state index in [2.05, 4.69) is 27.7 Å². The van der Waals surface area contributed by atoms with Crippen LogP contribution in [0.25, 0.3) is 0 Å². The summed E-state index contributed by atoms with van der Waals surface area (Å²) in [4.78, 5) is 26.3. The quantitative estimate of drug-likeness (QED) is 0.196. The van der Waals surface area contributed by atoms with E-state index in [0.717, 1.165) is 12.8 Å². The number of aliphatic hydroxyl groups excluding tert-OH is 1. The third-order valence-corrected chi connectivity index (χ3v) is 14.5. The van der Waals surface area contributed by atoms with Crippen molar-refractivity contribution in [2.24, 2.45) is 47.2 Å². The number of carboxylic acids is 1. The number of aliphatic hydroxyl groups is 2. The molecule has 54 heavy (non-hydrogen) atoms. The van der Waals surface area contributed by atoms with Crippen LogP contribution < -0.4 is 40.4 Å². The van der Waals surface area contributed by atoms with Gasteiger partial charge in [0.2, 0.25) is 0 Å². The molecule has 2 spiro atoms. The molecule has 0 amide bonds. The Bertz CT molecular complexity index is 1340. The molecule has 12 heteroatoms. The average molecular weight is 772 g/mol. The number of carboxylic acid groups (broad SMARTS) is 1. The van der Waals surface area contributed by atoms with Crippen molar-refractivity contribution in [3.63, 3.8) is 0 Å². The summed E-state index contributed by atoms with van der Waals surface area (Å²) in [6.45, 7) is 19.7. The maximum Gasteiger partial charge on any atom is 1.00 e. The molecule has 11 nitrogen and oxygen atoms in total. The minimum atomic E-state index is -1.17. The van der Waals surface area contributed by atoms with E-state index in [1.165, 1.54) is 0 Å². The molecule has 0 unspecified atom stereocenters. The molecule has 0 aliphatic carbocycles. The standard InChI is InChI=1S/C42H71NO10.Na/c1-11-29(38(46)47)31-15-14-23(4)36(50-31)27(8)34(44)26(7)35(45)30(12-2)37-24(5)22-25(6)41(51-37)19-16-32(43)42(53-41)21-20-39(10,52-42)33-17-18-40(48,13-3)28(9)49-33;/h16,19,23-34,36-37,44,48H,11-15,17-18,20-22,43H2,1-10H3,(H,46,47);/q;+1/p-1/t23-,24-,25+,26-,27-,28-,29+,30-,31+,32-,33+,34+,36+,37-,39-,40+,41-,42-;/m0./s1. The molecule has 0 aromatic rings. The summed E-state index contributed by atoms with van der Waals surface area (Å²) in [6, 6.07) is -0.541. The molecule has 18 atom stereocenters. The molecule has 304 valence electrons. The van der Waals surface area contributed by atoms with Gasteiger partial charge in [-0.05, 0) is 89.5 Å². The van der Waals surface area contributed by atoms with Gasteiger partial charge in [-0.3, -0.25) is 4.79 Å². The zero-order valence-electron chi connectivity index (χ0n) is 35.0. The van der Waals surface area contributed by atoms with Crippen LogP contribution in [-0.2, 0) is 33.3 Å². The van der Waals surface area contributed by atoms with Crippen LogP contribution in [0.2, 0.25) is 0 Å². The summed E-state index contributed by atoms with van der Waals surface area (Å²) in [5.41, 5.74) is 5.24. The topological polar surface area (TPSA) is 170 Å². The second-order valence-corrected chi connectivity index (χ2v) is 18.0. The number of hydrogen-bond donors (Lipinski definition) is 3. The Kier molecular flexibility index (Phi) is 15.3. The molecule has 0 bridgehead atoms. The van der Waals surface area contributed by atoms with Crippen LogP contribution in [0.4, 0.5) is 0 Å². The largest absolute Gasteiger partial charge is 1.00 e. The van der Waals surface area contributed by atoms with Crippen LogP contribution in [0.1, 0.15) is 133 Å². The number of ether oxygens (including phenoxy) is 5. The van der Waals surface area contributed by atoms with E-state index in [0.29, 0.717) is 51.4 Å². The molecule has 0 aromatic carbocycles. The number of hydrogen-bond acceptors (Lipinski definition) is 11. The molecule has 5 aliphatic heterocycles. The molecule has 0 saturated carbocycles. The van der Waals surface area contributed by atoms with Gasteiger partial charge in [-0.15, -0.1) is 0 Å². The minimum Gasteiger partial charge on any atom is -0.550 e. The first-order chi connectivity index (χ1) is 24.8. The number of nitrogens with two attached hydrogens (primary N) is 1. The summed E-state index contributed by atoms with van der Waals surface area (Å²) < 4.78 is 33.8. The summed E-state index contributed by atoms with van der Waals surface area (Å²) in [5, 5.41) is 34.6. The molecule has 0 radical (unpaired) electrons. The molecule has 4 N–H and O–H groups in total. The summed E-state index contributed by atoms with van der Waals surface area (Å²) in [6.07, 6.45) is 7.16. The second-order valence-electron chi connectivity index (χ2n) is 18.0. The van der Waals surface area contributed by atoms with Gasteiger partial charge in [0.15, 0.2) is 11.6 Å². The van der Waals surface area contributed by atoms with Gasteiger partial charge in [-0.1, -0.05) is 61.5 Å². The van der Waals surface area contributed by atoms with E-state index in [9.17, 15) is 24.9 Å². The molecule has 4 fully saturated rings. The number of ketones is 1. The number of aliphatic carboxylic acids is 1. The van der Waals surface area contributed by atoms with Gasteiger partial charge >= 0.3 is 29.6 Å². The minimum absolute atomic E-state index is 0. The molecular formula is C42H70NNaO10. The zero-order chi connectivity index (χ0) is 39.3. The second kappa shape index (κ2) is 17.8. The fourth-order valence-corrected chi connectivity index (χ4v) is 10.5. The van der Waals surface area contributed by atoms with E-state index in [1.54, 1.807) is 6.92 Å². The molecule has 5 heterocycles. The molecule has 0 aromatic heterocycles. The number of carbonyl (C=O) groups is 2. The van der Waals surface area contributed by atoms with Crippen LogP contribution in [0.15, 0.2) is 12.2 Å². The van der Waals surface area contributed by atoms with Gasteiger partial charge in [0, 0.05) is 42.0 Å². The number of carbonyl (C=O) groups excluding carboxylic acids is 2. The number of rotatable bonds is 12. The Morgan fingerprint density at radius 3 is 2.19 bits per heavy atom. The van der Waals surface area contributed by atoms with Gasteiger partial charge < -0.3 is 49.5 Å². The van der Waals surface area contributed by atoms with E-state index in [-0.39, 0.29) is 71.4 Å².